The zero-order valence-corrected chi connectivity index (χ0v) is 25.6. The van der Waals surface area contributed by atoms with Gasteiger partial charge in [0, 0.05) is 39.3 Å². The molecule has 1 atom stereocenters. The van der Waals surface area contributed by atoms with E-state index in [1.807, 2.05) is 0 Å². The molecule has 0 aromatic rings. The van der Waals surface area contributed by atoms with Crippen LogP contribution in [-0.2, 0) is 40.5 Å². The zero-order valence-electron chi connectivity index (χ0n) is 16.4. The molecule has 22 heteroatoms. The van der Waals surface area contributed by atoms with Crippen molar-refractivity contribution in [2.75, 3.05) is 39.3 Å². The molecule has 1 unspecified atom stereocenters. The minimum Gasteiger partial charge on any atom is -0.746 e. The molecule has 1 heterocycles. The van der Waals surface area contributed by atoms with Crippen LogP contribution in [0.15, 0.2) is 0 Å². The maximum absolute atomic E-state index is 11.3. The molecule has 2 N–H and O–H groups in total. The molecular weight excluding hydrogens is 527 g/mol. The molecule has 0 spiro atoms. The van der Waals surface area contributed by atoms with Gasteiger partial charge in [0.05, 0.1) is 0 Å². The van der Waals surface area contributed by atoms with Crippen LogP contribution in [0, 0.1) is 0 Å². The molecule has 0 bridgehead atoms. The Morgan fingerprint density at radius 3 is 1.20 bits per heavy atom. The molecule has 0 aromatic carbocycles. The average Bonchev–Trinajstić information content (AvgIpc) is 2.46. The SMILES string of the molecule is O=S(=O)([O-])C(N1CCNCCN(C(S(=O)(=O)[O-])S(=O)(=O)O)CC1)S(=O)(=O)[O-].[Na+].[Na+].[Na+]. The smallest absolute Gasteiger partial charge is 0.746 e. The molecule has 1 fully saturated rings. The first-order valence-corrected chi connectivity index (χ1v) is 12.9. The van der Waals surface area contributed by atoms with E-state index >= 15 is 0 Å². The van der Waals surface area contributed by atoms with Gasteiger partial charge in [0.1, 0.15) is 30.4 Å². The second kappa shape index (κ2) is 14.2. The van der Waals surface area contributed by atoms with Crippen LogP contribution < -0.4 is 94.0 Å². The molecule has 0 aliphatic carbocycles. The van der Waals surface area contributed by atoms with Gasteiger partial charge in [-0.1, -0.05) is 0 Å². The minimum atomic E-state index is -5.68. The van der Waals surface area contributed by atoms with Gasteiger partial charge in [-0.25, -0.2) is 25.3 Å². The van der Waals surface area contributed by atoms with Crippen molar-refractivity contribution in [1.29, 1.82) is 0 Å². The molecule has 30 heavy (non-hydrogen) atoms. The molecule has 0 aromatic heterocycles. The van der Waals surface area contributed by atoms with E-state index in [-0.39, 0.29) is 102 Å². The van der Waals surface area contributed by atoms with E-state index in [9.17, 15) is 47.3 Å². The minimum absolute atomic E-state index is 0. The quantitative estimate of drug-likeness (QED) is 0.233. The molecule has 1 saturated heterocycles. The van der Waals surface area contributed by atoms with Crippen LogP contribution in [0.2, 0.25) is 0 Å². The third-order valence-electron chi connectivity index (χ3n) is 3.42. The normalized spacial score (nSPS) is 19.2. The van der Waals surface area contributed by atoms with Crippen molar-refractivity contribution < 1.29 is 141 Å². The Morgan fingerprint density at radius 1 is 0.633 bits per heavy atom. The number of nitrogens with zero attached hydrogens (tertiary/aromatic N) is 2. The second-order valence-electron chi connectivity index (χ2n) is 5.43. The average molecular weight is 543 g/mol. The fourth-order valence-electron chi connectivity index (χ4n) is 2.50. The van der Waals surface area contributed by atoms with Crippen molar-refractivity contribution in [2.24, 2.45) is 0 Å². The van der Waals surface area contributed by atoms with Crippen LogP contribution in [0.1, 0.15) is 0 Å². The van der Waals surface area contributed by atoms with Crippen LogP contribution >= 0.6 is 0 Å². The first-order valence-electron chi connectivity index (χ1n) is 6.95. The Labute approximate surface area is 241 Å². The van der Waals surface area contributed by atoms with E-state index in [0.29, 0.717) is 9.80 Å². The van der Waals surface area contributed by atoms with Crippen molar-refractivity contribution >= 4 is 40.5 Å². The fourth-order valence-corrected chi connectivity index (χ4v) is 7.16. The van der Waals surface area contributed by atoms with Crippen LogP contribution in [0.4, 0.5) is 0 Å². The van der Waals surface area contributed by atoms with Gasteiger partial charge in [-0.05, 0) is 0 Å². The zero-order chi connectivity index (χ0) is 21.3. The predicted octanol–water partition coefficient (Wildman–Crippen LogP) is -13.7. The van der Waals surface area contributed by atoms with Gasteiger partial charge in [0.15, 0.2) is 4.71 Å². The Kier molecular flexibility index (Phi) is 17.5. The topological polar surface area (TPSA) is 244 Å². The van der Waals surface area contributed by atoms with Gasteiger partial charge in [-0.2, -0.15) is 8.42 Å². The van der Waals surface area contributed by atoms with Crippen LogP contribution in [0.25, 0.3) is 0 Å². The fraction of sp³-hybridized carbons (Fsp3) is 1.00. The molecular formula is C8H16N3Na3O12S4. The van der Waals surface area contributed by atoms with Crippen LogP contribution in [-0.4, -0.2) is 110 Å². The Hall–Kier alpha value is 2.52. The molecule has 0 saturated carbocycles. The maximum atomic E-state index is 11.3. The summed E-state index contributed by atoms with van der Waals surface area (Å²) in [7, 11) is -22.4. The van der Waals surface area contributed by atoms with Gasteiger partial charge in [-0.15, -0.1) is 0 Å². The summed E-state index contributed by atoms with van der Waals surface area (Å²) in [5.41, 5.74) is 0. The van der Waals surface area contributed by atoms with Crippen molar-refractivity contribution in [3.8, 4) is 0 Å². The largest absolute Gasteiger partial charge is 1.00 e. The number of hydrogen-bond donors (Lipinski definition) is 2. The number of nitrogens with one attached hydrogen (secondary N) is 1. The Balaban J connectivity index is -0.00000243. The third kappa shape index (κ3) is 11.8. The van der Waals surface area contributed by atoms with E-state index in [4.69, 9.17) is 4.55 Å². The number of rotatable bonds is 6. The second-order valence-corrected chi connectivity index (χ2v) is 11.8. The van der Waals surface area contributed by atoms with Crippen molar-refractivity contribution in [2.45, 2.75) is 9.41 Å². The first-order chi connectivity index (χ1) is 12.0. The summed E-state index contributed by atoms with van der Waals surface area (Å²) in [5, 5.41) is 2.55. The summed E-state index contributed by atoms with van der Waals surface area (Å²) < 4.78 is 127. The Morgan fingerprint density at radius 2 is 0.933 bits per heavy atom. The van der Waals surface area contributed by atoms with E-state index in [1.165, 1.54) is 0 Å². The molecule has 1 aliphatic heterocycles. The molecule has 0 radical (unpaired) electrons. The monoisotopic (exact) mass is 543 g/mol. The third-order valence-corrected chi connectivity index (χ3v) is 9.45. The van der Waals surface area contributed by atoms with Gasteiger partial charge >= 0.3 is 88.7 Å². The molecule has 1 aliphatic rings. The summed E-state index contributed by atoms with van der Waals surface area (Å²) in [6.45, 7) is -2.74. The molecule has 15 nitrogen and oxygen atoms in total. The van der Waals surface area contributed by atoms with Gasteiger partial charge < -0.3 is 19.0 Å². The van der Waals surface area contributed by atoms with E-state index in [0.717, 1.165) is 0 Å². The Bertz CT molecular complexity index is 813. The summed E-state index contributed by atoms with van der Waals surface area (Å²) >= 11 is 0. The van der Waals surface area contributed by atoms with Crippen molar-refractivity contribution in [3.63, 3.8) is 0 Å². The van der Waals surface area contributed by atoms with Crippen molar-refractivity contribution in [3.05, 3.63) is 0 Å². The predicted molar refractivity (Wildman–Crippen MR) is 84.2 cm³/mol. The van der Waals surface area contributed by atoms with E-state index in [2.05, 4.69) is 5.32 Å². The summed E-state index contributed by atoms with van der Waals surface area (Å²) in [6.07, 6.45) is 0. The summed E-state index contributed by atoms with van der Waals surface area (Å²) in [4.78, 5) is 0.837. The van der Waals surface area contributed by atoms with Gasteiger partial charge in [0.25, 0.3) is 10.1 Å². The van der Waals surface area contributed by atoms with Crippen molar-refractivity contribution in [1.82, 2.24) is 15.1 Å². The maximum Gasteiger partial charge on any atom is 1.00 e. The van der Waals surface area contributed by atoms with E-state index < -0.39 is 76.1 Å². The van der Waals surface area contributed by atoms with Gasteiger partial charge in [0.2, 0.25) is 4.71 Å². The standard InChI is InChI=1S/C8H19N3O12S4.3Na/c12-24(13,14)7(25(15,16)17)10-3-1-9-2-4-11(6-5-10)8(26(18,19)20)27(21,22)23;;;/h7-9H,1-6H2,(H,12,13,14)(H,15,16,17)(H,18,19,20)(H,21,22,23);;;/q;3*+1/p-3. The van der Waals surface area contributed by atoms with Crippen LogP contribution in [0.3, 0.4) is 0 Å². The van der Waals surface area contributed by atoms with E-state index in [1.54, 1.807) is 0 Å². The summed E-state index contributed by atoms with van der Waals surface area (Å²) in [6, 6.07) is 0. The molecule has 162 valence electrons. The van der Waals surface area contributed by atoms with Gasteiger partial charge in [-0.3, -0.25) is 14.4 Å². The van der Waals surface area contributed by atoms with Crippen LogP contribution in [0.5, 0.6) is 0 Å². The number of hydrogen-bond acceptors (Lipinski definition) is 14. The molecule has 0 amide bonds. The first kappa shape index (κ1) is 37.1. The molecule has 1 rings (SSSR count). The summed E-state index contributed by atoms with van der Waals surface area (Å²) in [5.74, 6) is 0.